The van der Waals surface area contributed by atoms with Gasteiger partial charge in [0.25, 0.3) is 0 Å². The van der Waals surface area contributed by atoms with Crippen molar-refractivity contribution in [2.45, 2.75) is 70.5 Å². The van der Waals surface area contributed by atoms with Crippen molar-refractivity contribution in [3.63, 3.8) is 0 Å². The topological polar surface area (TPSA) is 70.1 Å². The van der Waals surface area contributed by atoms with Gasteiger partial charge in [-0.15, -0.1) is 0 Å². The largest absolute Gasteiger partial charge is 0.508 e. The zero-order chi connectivity index (χ0) is 17.6. The first-order valence-corrected chi connectivity index (χ1v) is 8.92. The van der Waals surface area contributed by atoms with Crippen LogP contribution in [0.1, 0.15) is 58.3 Å². The van der Waals surface area contributed by atoms with Crippen molar-refractivity contribution in [1.29, 1.82) is 0 Å². The van der Waals surface area contributed by atoms with Gasteiger partial charge < -0.3 is 14.9 Å². The van der Waals surface area contributed by atoms with E-state index in [1.165, 1.54) is 38.2 Å². The molecule has 0 saturated carbocycles. The zero-order valence-electron chi connectivity index (χ0n) is 14.6. The predicted octanol–water partition coefficient (Wildman–Crippen LogP) is 5.09. The number of carbonyl (C=O) groups is 1. The average Bonchev–Trinajstić information content (AvgIpc) is 3.31. The Morgan fingerprint density at radius 1 is 0.917 bits per heavy atom. The van der Waals surface area contributed by atoms with Crippen LogP contribution in [-0.4, -0.2) is 28.4 Å². The van der Waals surface area contributed by atoms with Crippen LogP contribution in [0.25, 0.3) is 0 Å². The number of aliphatic hydroxyl groups is 1. The summed E-state index contributed by atoms with van der Waals surface area (Å²) < 4.78 is 5.53. The van der Waals surface area contributed by atoms with Gasteiger partial charge in [-0.3, -0.25) is 0 Å². The molecule has 0 bridgehead atoms. The molecule has 2 atom stereocenters. The summed E-state index contributed by atoms with van der Waals surface area (Å²) in [6.45, 7) is 2.18. The van der Waals surface area contributed by atoms with Crippen molar-refractivity contribution in [1.82, 2.24) is 0 Å². The summed E-state index contributed by atoms with van der Waals surface area (Å²) in [6.07, 6.45) is 21.2. The third-order valence-corrected chi connectivity index (χ3v) is 3.98. The highest BCUT2D eigenvalue weighted by molar-refractivity contribution is 5.80. The lowest BCUT2D eigenvalue weighted by Crippen LogP contribution is -1.92. The third-order valence-electron chi connectivity index (χ3n) is 3.98. The summed E-state index contributed by atoms with van der Waals surface area (Å²) >= 11 is 0. The molecular weight excluding hydrogens is 304 g/mol. The van der Waals surface area contributed by atoms with E-state index in [0.29, 0.717) is 12.2 Å². The Morgan fingerprint density at radius 2 is 1.58 bits per heavy atom. The molecule has 1 fully saturated rings. The molecule has 1 aliphatic heterocycles. The molecule has 4 heteroatoms. The van der Waals surface area contributed by atoms with Gasteiger partial charge in [0.05, 0.1) is 12.2 Å². The molecule has 1 aliphatic rings. The Hall–Kier alpha value is -1.81. The van der Waals surface area contributed by atoms with E-state index in [1.807, 2.05) is 6.08 Å². The van der Waals surface area contributed by atoms with Crippen molar-refractivity contribution in [3.8, 4) is 0 Å². The number of hydrogen-bond acceptors (Lipinski definition) is 3. The van der Waals surface area contributed by atoms with E-state index in [-0.39, 0.29) is 5.76 Å². The number of allylic oxidation sites excluding steroid dienone is 6. The molecular formula is C20H30O4. The highest BCUT2D eigenvalue weighted by atomic mass is 16.6. The van der Waals surface area contributed by atoms with Crippen molar-refractivity contribution < 1.29 is 19.7 Å². The van der Waals surface area contributed by atoms with Crippen LogP contribution in [0, 0.1) is 0 Å². The van der Waals surface area contributed by atoms with Crippen LogP contribution in [0.15, 0.2) is 48.3 Å². The summed E-state index contributed by atoms with van der Waals surface area (Å²) in [7, 11) is 0. The normalized spacial score (nSPS) is 21.3. The van der Waals surface area contributed by atoms with Crippen molar-refractivity contribution in [2.75, 3.05) is 0 Å². The smallest absolute Gasteiger partial charge is 0.328 e. The molecule has 0 aromatic rings. The second-order valence-corrected chi connectivity index (χ2v) is 6.04. The fraction of sp³-hybridized carbons (Fsp3) is 0.550. The molecule has 134 valence electrons. The Morgan fingerprint density at radius 3 is 2.25 bits per heavy atom. The second kappa shape index (κ2) is 12.6. The first-order chi connectivity index (χ1) is 11.6. The first-order valence-electron chi connectivity index (χ1n) is 8.92. The monoisotopic (exact) mass is 334 g/mol. The fourth-order valence-electron chi connectivity index (χ4n) is 2.55. The lowest BCUT2D eigenvalue weighted by atomic mass is 10.1. The van der Waals surface area contributed by atoms with Gasteiger partial charge in [0, 0.05) is 6.08 Å². The lowest BCUT2D eigenvalue weighted by Gasteiger charge is -1.99. The molecule has 2 N–H and O–H groups in total. The van der Waals surface area contributed by atoms with E-state index in [9.17, 15) is 9.90 Å². The van der Waals surface area contributed by atoms with Crippen molar-refractivity contribution >= 4 is 5.97 Å². The molecule has 1 saturated heterocycles. The van der Waals surface area contributed by atoms with Crippen molar-refractivity contribution in [2.24, 2.45) is 0 Å². The Bertz CT molecular complexity index is 474. The summed E-state index contributed by atoms with van der Waals surface area (Å²) in [4.78, 5) is 10.2. The third kappa shape index (κ3) is 10.8. The van der Waals surface area contributed by atoms with Gasteiger partial charge in [-0.2, -0.15) is 0 Å². The molecule has 24 heavy (non-hydrogen) atoms. The Balaban J connectivity index is 1.96. The maximum Gasteiger partial charge on any atom is 0.328 e. The van der Waals surface area contributed by atoms with Gasteiger partial charge in [0.15, 0.2) is 0 Å². The number of carboxylic acid groups (broad SMARTS) is 1. The molecule has 0 aliphatic carbocycles. The number of aliphatic hydroxyl groups excluding tert-OH is 1. The van der Waals surface area contributed by atoms with E-state index in [2.05, 4.69) is 6.92 Å². The van der Waals surface area contributed by atoms with Gasteiger partial charge in [-0.1, -0.05) is 56.9 Å². The average molecular weight is 334 g/mol. The molecule has 1 heterocycles. The SMILES string of the molecule is CCC1OC1CCCCCCCC=C(O)C=CC=CC=CC(=O)O. The number of ether oxygens (including phenoxy) is 1. The van der Waals surface area contributed by atoms with E-state index in [0.717, 1.165) is 25.3 Å². The van der Waals surface area contributed by atoms with Crippen LogP contribution in [0.4, 0.5) is 0 Å². The number of carboxylic acids is 1. The maximum absolute atomic E-state index is 10.2. The molecule has 2 unspecified atom stereocenters. The minimum Gasteiger partial charge on any atom is -0.508 e. The van der Waals surface area contributed by atoms with Gasteiger partial charge >= 0.3 is 5.97 Å². The van der Waals surface area contributed by atoms with Crippen LogP contribution in [0.3, 0.4) is 0 Å². The van der Waals surface area contributed by atoms with Crippen LogP contribution in [0.5, 0.6) is 0 Å². The van der Waals surface area contributed by atoms with Crippen LogP contribution in [-0.2, 0) is 9.53 Å². The van der Waals surface area contributed by atoms with Crippen LogP contribution in [0.2, 0.25) is 0 Å². The minimum atomic E-state index is -0.975. The molecule has 0 radical (unpaired) electrons. The standard InChI is InChI=1S/C20H30O4/c1-2-18-19(24-18)15-11-6-4-3-5-9-13-17(21)14-10-7-8-12-16-20(22)23/h7-8,10,12-14,16,18-19,21H,2-6,9,11,15H2,1H3,(H,22,23). The van der Waals surface area contributed by atoms with Gasteiger partial charge in [0.2, 0.25) is 0 Å². The maximum atomic E-state index is 10.2. The van der Waals surface area contributed by atoms with Gasteiger partial charge in [-0.05, 0) is 37.8 Å². The second-order valence-electron chi connectivity index (χ2n) is 6.04. The first kappa shape index (κ1) is 20.2. The minimum absolute atomic E-state index is 0.248. The molecule has 4 nitrogen and oxygen atoms in total. The molecule has 0 aromatic heterocycles. The number of aliphatic carboxylic acids is 1. The summed E-state index contributed by atoms with van der Waals surface area (Å²) in [5.41, 5.74) is 0. The molecule has 0 aromatic carbocycles. The van der Waals surface area contributed by atoms with Crippen molar-refractivity contribution in [3.05, 3.63) is 48.3 Å². The number of rotatable bonds is 13. The van der Waals surface area contributed by atoms with E-state index in [4.69, 9.17) is 9.84 Å². The van der Waals surface area contributed by atoms with Crippen LogP contribution < -0.4 is 0 Å². The predicted molar refractivity (Wildman–Crippen MR) is 97.0 cm³/mol. The highest BCUT2D eigenvalue weighted by Crippen LogP contribution is 2.29. The summed E-state index contributed by atoms with van der Waals surface area (Å²) in [5, 5.41) is 18.1. The van der Waals surface area contributed by atoms with Gasteiger partial charge in [0.1, 0.15) is 5.76 Å². The molecule has 0 spiro atoms. The number of epoxide rings is 1. The van der Waals surface area contributed by atoms with E-state index in [1.54, 1.807) is 24.3 Å². The highest BCUT2D eigenvalue weighted by Gasteiger charge is 2.35. The number of hydrogen-bond donors (Lipinski definition) is 2. The Kier molecular flexibility index (Phi) is 10.6. The summed E-state index contributed by atoms with van der Waals surface area (Å²) in [6, 6.07) is 0. The molecule has 0 amide bonds. The van der Waals surface area contributed by atoms with E-state index >= 15 is 0 Å². The quantitative estimate of drug-likeness (QED) is 0.162. The van der Waals surface area contributed by atoms with Crippen LogP contribution >= 0.6 is 0 Å². The molecule has 1 rings (SSSR count). The summed E-state index contributed by atoms with van der Waals surface area (Å²) in [5.74, 6) is -0.726. The fourth-order valence-corrected chi connectivity index (χ4v) is 2.55. The van der Waals surface area contributed by atoms with E-state index < -0.39 is 5.97 Å². The Labute approximate surface area is 145 Å². The number of unbranched alkanes of at least 4 members (excludes halogenated alkanes) is 5. The van der Waals surface area contributed by atoms with Gasteiger partial charge in [-0.25, -0.2) is 4.79 Å². The zero-order valence-corrected chi connectivity index (χ0v) is 14.6. The lowest BCUT2D eigenvalue weighted by molar-refractivity contribution is -0.131.